The summed E-state index contributed by atoms with van der Waals surface area (Å²) in [6, 6.07) is 17.9. The molecule has 4 nitrogen and oxygen atoms in total. The van der Waals surface area contributed by atoms with Gasteiger partial charge in [0.1, 0.15) is 5.75 Å². The van der Waals surface area contributed by atoms with Gasteiger partial charge < -0.3 is 14.6 Å². The molecule has 3 aromatic rings. The Bertz CT molecular complexity index is 809. The first-order valence-corrected chi connectivity index (χ1v) is 8.21. The molecule has 0 aliphatic carbocycles. The van der Waals surface area contributed by atoms with Gasteiger partial charge >= 0.3 is 0 Å². The molecule has 0 aliphatic rings. The van der Waals surface area contributed by atoms with Gasteiger partial charge in [0.2, 0.25) is 5.91 Å². The summed E-state index contributed by atoms with van der Waals surface area (Å²) in [7, 11) is 2.02. The van der Waals surface area contributed by atoms with E-state index in [4.69, 9.17) is 4.74 Å². The molecule has 0 radical (unpaired) electrons. The summed E-state index contributed by atoms with van der Waals surface area (Å²) in [5.74, 6) is 0.897. The number of ether oxygens (including phenoxy) is 1. The van der Waals surface area contributed by atoms with Crippen LogP contribution in [0.3, 0.4) is 0 Å². The molecule has 1 aromatic heterocycles. The average Bonchev–Trinajstić information content (AvgIpc) is 2.94. The molecule has 1 amide bonds. The Balaban J connectivity index is 1.44. The molecule has 0 saturated carbocycles. The number of carbonyl (C=O) groups excluding carboxylic acids is 1. The summed E-state index contributed by atoms with van der Waals surface area (Å²) in [6.45, 7) is 1.10. The summed E-state index contributed by atoms with van der Waals surface area (Å²) in [5.41, 5.74) is 2.32. The lowest BCUT2D eigenvalue weighted by Gasteiger charge is -2.06. The minimum atomic E-state index is 0.0552. The quantitative estimate of drug-likeness (QED) is 0.675. The van der Waals surface area contributed by atoms with Gasteiger partial charge in [0.15, 0.2) is 0 Å². The molecule has 0 saturated heterocycles. The minimum absolute atomic E-state index is 0.0552. The van der Waals surface area contributed by atoms with Crippen LogP contribution in [0.1, 0.15) is 18.4 Å². The van der Waals surface area contributed by atoms with E-state index in [-0.39, 0.29) is 5.91 Å². The van der Waals surface area contributed by atoms with Gasteiger partial charge in [0, 0.05) is 37.1 Å². The van der Waals surface area contributed by atoms with E-state index < -0.39 is 0 Å². The summed E-state index contributed by atoms with van der Waals surface area (Å²) in [5, 5.41) is 4.18. The topological polar surface area (TPSA) is 43.3 Å². The predicted octanol–water partition coefficient (Wildman–Crippen LogP) is 3.65. The van der Waals surface area contributed by atoms with E-state index in [1.54, 1.807) is 0 Å². The Morgan fingerprint density at radius 2 is 1.83 bits per heavy atom. The van der Waals surface area contributed by atoms with Crippen LogP contribution < -0.4 is 10.1 Å². The highest BCUT2D eigenvalue weighted by Crippen LogP contribution is 2.20. The van der Waals surface area contributed by atoms with E-state index in [0.29, 0.717) is 26.0 Å². The first-order valence-electron chi connectivity index (χ1n) is 8.21. The lowest BCUT2D eigenvalue weighted by atomic mass is 10.2. The number of fused-ring (bicyclic) bond motifs is 1. The number of nitrogens with one attached hydrogen (secondary N) is 1. The lowest BCUT2D eigenvalue weighted by molar-refractivity contribution is -0.121. The van der Waals surface area contributed by atoms with Gasteiger partial charge in [-0.2, -0.15) is 0 Å². The number of amides is 1. The number of aromatic nitrogens is 1. The van der Waals surface area contributed by atoms with Gasteiger partial charge in [-0.15, -0.1) is 0 Å². The van der Waals surface area contributed by atoms with Crippen LogP contribution in [0, 0.1) is 0 Å². The van der Waals surface area contributed by atoms with Crippen LogP contribution in [0.5, 0.6) is 5.75 Å². The molecule has 2 aromatic carbocycles. The monoisotopic (exact) mass is 322 g/mol. The summed E-state index contributed by atoms with van der Waals surface area (Å²) in [4.78, 5) is 12.0. The van der Waals surface area contributed by atoms with Crippen molar-refractivity contribution in [3.8, 4) is 5.75 Å². The van der Waals surface area contributed by atoms with Crippen molar-refractivity contribution in [1.82, 2.24) is 9.88 Å². The largest absolute Gasteiger partial charge is 0.494 e. The van der Waals surface area contributed by atoms with Gasteiger partial charge in [-0.3, -0.25) is 4.79 Å². The van der Waals surface area contributed by atoms with E-state index in [1.807, 2.05) is 49.5 Å². The van der Waals surface area contributed by atoms with E-state index >= 15 is 0 Å². The summed E-state index contributed by atoms with van der Waals surface area (Å²) >= 11 is 0. The van der Waals surface area contributed by atoms with Gasteiger partial charge in [-0.05, 0) is 30.2 Å². The fraction of sp³-hybridized carbons (Fsp3) is 0.250. The molecule has 4 heteroatoms. The molecule has 124 valence electrons. The second-order valence-electron chi connectivity index (χ2n) is 5.82. The van der Waals surface area contributed by atoms with Crippen molar-refractivity contribution in [2.45, 2.75) is 19.4 Å². The number of aryl methyl sites for hydroxylation is 1. The number of para-hydroxylation sites is 2. The number of nitrogens with zero attached hydrogens (tertiary/aromatic N) is 1. The maximum atomic E-state index is 12.0. The van der Waals surface area contributed by atoms with Crippen LogP contribution in [-0.2, 0) is 18.4 Å². The zero-order valence-corrected chi connectivity index (χ0v) is 13.9. The van der Waals surface area contributed by atoms with Crippen LogP contribution in [0.15, 0.2) is 60.8 Å². The molecule has 0 atom stereocenters. The third-order valence-corrected chi connectivity index (χ3v) is 4.02. The lowest BCUT2D eigenvalue weighted by Crippen LogP contribution is -2.22. The Kier molecular flexibility index (Phi) is 5.16. The molecule has 0 fully saturated rings. The molecule has 1 heterocycles. The third kappa shape index (κ3) is 3.96. The minimum Gasteiger partial charge on any atom is -0.494 e. The molecule has 0 bridgehead atoms. The SMILES string of the molecule is Cn1cc(CNC(=O)CCCOc2ccccc2)c2ccccc21. The molecule has 0 aliphatic heterocycles. The number of carbonyl (C=O) groups is 1. The second kappa shape index (κ2) is 7.68. The fourth-order valence-electron chi connectivity index (χ4n) is 2.79. The van der Waals surface area contributed by atoms with Crippen molar-refractivity contribution in [1.29, 1.82) is 0 Å². The van der Waals surface area contributed by atoms with E-state index in [0.717, 1.165) is 11.3 Å². The highest BCUT2D eigenvalue weighted by atomic mass is 16.5. The van der Waals surface area contributed by atoms with Crippen molar-refractivity contribution in [3.63, 3.8) is 0 Å². The Hall–Kier alpha value is -2.75. The molecular weight excluding hydrogens is 300 g/mol. The number of benzene rings is 2. The van der Waals surface area contributed by atoms with Crippen molar-refractivity contribution in [2.75, 3.05) is 6.61 Å². The van der Waals surface area contributed by atoms with Crippen molar-refractivity contribution in [2.24, 2.45) is 7.05 Å². The van der Waals surface area contributed by atoms with Gasteiger partial charge in [0.05, 0.1) is 6.61 Å². The summed E-state index contributed by atoms with van der Waals surface area (Å²) < 4.78 is 7.68. The van der Waals surface area contributed by atoms with Gasteiger partial charge in [-0.1, -0.05) is 36.4 Å². The van der Waals surface area contributed by atoms with Crippen LogP contribution in [0.25, 0.3) is 10.9 Å². The highest BCUT2D eigenvalue weighted by molar-refractivity contribution is 5.84. The van der Waals surface area contributed by atoms with Crippen LogP contribution in [-0.4, -0.2) is 17.1 Å². The normalized spacial score (nSPS) is 10.7. The van der Waals surface area contributed by atoms with E-state index in [1.165, 1.54) is 10.9 Å². The molecule has 1 N–H and O–H groups in total. The van der Waals surface area contributed by atoms with E-state index in [2.05, 4.69) is 28.2 Å². The zero-order chi connectivity index (χ0) is 16.8. The predicted molar refractivity (Wildman–Crippen MR) is 95.9 cm³/mol. The molecular formula is C20H22N2O2. The fourth-order valence-corrected chi connectivity index (χ4v) is 2.79. The Labute approximate surface area is 142 Å². The average molecular weight is 322 g/mol. The smallest absolute Gasteiger partial charge is 0.220 e. The number of hydrogen-bond donors (Lipinski definition) is 1. The standard InChI is InChI=1S/C20H22N2O2/c1-22-15-16(18-10-5-6-11-19(18)22)14-21-20(23)12-7-13-24-17-8-3-2-4-9-17/h2-6,8-11,15H,7,12-14H2,1H3,(H,21,23). The van der Waals surface area contributed by atoms with Crippen molar-refractivity contribution in [3.05, 3.63) is 66.4 Å². The van der Waals surface area contributed by atoms with Gasteiger partial charge in [-0.25, -0.2) is 0 Å². The Morgan fingerprint density at radius 1 is 1.08 bits per heavy atom. The molecule has 0 unspecified atom stereocenters. The highest BCUT2D eigenvalue weighted by Gasteiger charge is 2.07. The first kappa shape index (κ1) is 16.1. The maximum Gasteiger partial charge on any atom is 0.220 e. The van der Waals surface area contributed by atoms with Gasteiger partial charge in [0.25, 0.3) is 0 Å². The van der Waals surface area contributed by atoms with Crippen molar-refractivity contribution >= 4 is 16.8 Å². The van der Waals surface area contributed by atoms with E-state index in [9.17, 15) is 4.79 Å². The zero-order valence-electron chi connectivity index (χ0n) is 13.9. The maximum absolute atomic E-state index is 12.0. The first-order chi connectivity index (χ1) is 11.7. The van der Waals surface area contributed by atoms with Crippen LogP contribution >= 0.6 is 0 Å². The molecule has 0 spiro atoms. The number of rotatable bonds is 7. The molecule has 3 rings (SSSR count). The second-order valence-corrected chi connectivity index (χ2v) is 5.82. The van der Waals surface area contributed by atoms with Crippen LogP contribution in [0.2, 0.25) is 0 Å². The van der Waals surface area contributed by atoms with Crippen molar-refractivity contribution < 1.29 is 9.53 Å². The summed E-state index contributed by atoms with van der Waals surface area (Å²) in [6.07, 6.45) is 3.25. The Morgan fingerprint density at radius 3 is 2.67 bits per heavy atom. The number of hydrogen-bond acceptors (Lipinski definition) is 2. The van der Waals surface area contributed by atoms with Crippen LogP contribution in [0.4, 0.5) is 0 Å². The third-order valence-electron chi connectivity index (χ3n) is 4.02. The molecule has 24 heavy (non-hydrogen) atoms.